The van der Waals surface area contributed by atoms with Crippen LogP contribution >= 0.6 is 0 Å². The fraction of sp³-hybridized carbons (Fsp3) is 0.409. The zero-order valence-electron chi connectivity index (χ0n) is 18.4. The number of rotatable bonds is 6. The molecule has 2 N–H and O–H groups in total. The number of nitro groups is 1. The number of carbonyl (C=O) groups is 1. The Morgan fingerprint density at radius 2 is 1.76 bits per heavy atom. The smallest absolute Gasteiger partial charge is 0.293 e. The quantitative estimate of drug-likeness (QED) is 0.356. The van der Waals surface area contributed by atoms with Crippen molar-refractivity contribution >= 4 is 33.0 Å². The third-order valence-corrected chi connectivity index (χ3v) is 8.01. The van der Waals surface area contributed by atoms with Crippen LogP contribution in [-0.4, -0.2) is 68.1 Å². The van der Waals surface area contributed by atoms with E-state index in [4.69, 9.17) is 4.74 Å². The van der Waals surface area contributed by atoms with Crippen LogP contribution in [0.4, 0.5) is 17.1 Å². The summed E-state index contributed by atoms with van der Waals surface area (Å²) < 4.78 is 32.3. The molecule has 1 amide bonds. The second kappa shape index (κ2) is 9.95. The van der Waals surface area contributed by atoms with Gasteiger partial charge in [0, 0.05) is 38.2 Å². The first-order valence-electron chi connectivity index (χ1n) is 11.0. The Morgan fingerprint density at radius 1 is 1.09 bits per heavy atom. The molecular formula is C22H26N4O7S. The molecule has 11 nitrogen and oxygen atoms in total. The van der Waals surface area contributed by atoms with Gasteiger partial charge in [-0.3, -0.25) is 14.9 Å². The molecule has 0 spiro atoms. The zero-order valence-corrected chi connectivity index (χ0v) is 19.2. The number of carbonyl (C=O) groups excluding carboxylic acids is 1. The number of phenols is 1. The first-order chi connectivity index (χ1) is 16.3. The van der Waals surface area contributed by atoms with Crippen molar-refractivity contribution in [2.75, 3.05) is 49.6 Å². The van der Waals surface area contributed by atoms with Crippen molar-refractivity contribution in [2.24, 2.45) is 5.92 Å². The molecule has 2 aliphatic rings. The van der Waals surface area contributed by atoms with E-state index in [1.165, 1.54) is 22.5 Å². The van der Waals surface area contributed by atoms with Crippen molar-refractivity contribution in [3.63, 3.8) is 0 Å². The zero-order chi connectivity index (χ0) is 24.3. The number of sulfonamides is 1. The fourth-order valence-electron chi connectivity index (χ4n) is 4.21. The van der Waals surface area contributed by atoms with Gasteiger partial charge in [-0.1, -0.05) is 12.1 Å². The number of aromatic hydroxyl groups is 1. The molecule has 2 saturated heterocycles. The Kier molecular flexibility index (Phi) is 7.00. The van der Waals surface area contributed by atoms with Gasteiger partial charge < -0.3 is 20.1 Å². The van der Waals surface area contributed by atoms with Crippen LogP contribution in [0.1, 0.15) is 12.8 Å². The summed E-state index contributed by atoms with van der Waals surface area (Å²) in [5.74, 6) is -0.547. The van der Waals surface area contributed by atoms with E-state index in [1.54, 1.807) is 23.1 Å². The van der Waals surface area contributed by atoms with E-state index in [-0.39, 0.29) is 54.5 Å². The predicted octanol–water partition coefficient (Wildman–Crippen LogP) is 2.18. The van der Waals surface area contributed by atoms with Gasteiger partial charge in [0.25, 0.3) is 5.69 Å². The number of ether oxygens (including phenoxy) is 1. The molecule has 2 aliphatic heterocycles. The SMILES string of the molecule is O=C(Nc1ccccc1O)C1CCN(c2ccc(S(=O)(=O)N3CCOCC3)cc2[N+](=O)[O-])CC1. The van der Waals surface area contributed by atoms with Crippen molar-refractivity contribution in [2.45, 2.75) is 17.7 Å². The van der Waals surface area contributed by atoms with E-state index in [0.29, 0.717) is 37.3 Å². The summed E-state index contributed by atoms with van der Waals surface area (Å²) in [4.78, 5) is 25.5. The van der Waals surface area contributed by atoms with Gasteiger partial charge in [-0.15, -0.1) is 0 Å². The van der Waals surface area contributed by atoms with Crippen LogP contribution in [0, 0.1) is 16.0 Å². The molecule has 2 aromatic carbocycles. The molecule has 0 aliphatic carbocycles. The Labute approximate surface area is 197 Å². The van der Waals surface area contributed by atoms with Gasteiger partial charge in [0.05, 0.1) is 28.7 Å². The lowest BCUT2D eigenvalue weighted by atomic mass is 9.95. The van der Waals surface area contributed by atoms with Crippen LogP contribution in [0.5, 0.6) is 5.75 Å². The lowest BCUT2D eigenvalue weighted by Crippen LogP contribution is -2.40. The highest BCUT2D eigenvalue weighted by atomic mass is 32.2. The van der Waals surface area contributed by atoms with Crippen molar-refractivity contribution < 1.29 is 28.0 Å². The maximum atomic E-state index is 12.9. The van der Waals surface area contributed by atoms with E-state index in [9.17, 15) is 28.4 Å². The van der Waals surface area contributed by atoms with Gasteiger partial charge in [-0.05, 0) is 37.1 Å². The van der Waals surface area contributed by atoms with Crippen molar-refractivity contribution in [1.82, 2.24) is 4.31 Å². The van der Waals surface area contributed by atoms with Crippen LogP contribution in [0.2, 0.25) is 0 Å². The van der Waals surface area contributed by atoms with Gasteiger partial charge in [0.2, 0.25) is 15.9 Å². The summed E-state index contributed by atoms with van der Waals surface area (Å²) in [5.41, 5.74) is 0.375. The lowest BCUT2D eigenvalue weighted by molar-refractivity contribution is -0.384. The normalized spacial score (nSPS) is 17.9. The number of para-hydroxylation sites is 2. The summed E-state index contributed by atoms with van der Waals surface area (Å²) in [6.07, 6.45) is 0.925. The molecular weight excluding hydrogens is 464 g/mol. The number of nitrogens with one attached hydrogen (secondary N) is 1. The molecule has 2 heterocycles. The Bertz CT molecular complexity index is 1170. The summed E-state index contributed by atoms with van der Waals surface area (Å²) >= 11 is 0. The van der Waals surface area contributed by atoms with E-state index in [1.807, 2.05) is 0 Å². The average molecular weight is 491 g/mol. The van der Waals surface area contributed by atoms with Gasteiger partial charge in [-0.2, -0.15) is 4.31 Å². The predicted molar refractivity (Wildman–Crippen MR) is 124 cm³/mol. The molecule has 12 heteroatoms. The Balaban J connectivity index is 1.47. The minimum atomic E-state index is -3.86. The summed E-state index contributed by atoms with van der Waals surface area (Å²) in [6, 6.07) is 10.4. The van der Waals surface area contributed by atoms with Crippen LogP contribution in [-0.2, 0) is 19.6 Å². The maximum absolute atomic E-state index is 12.9. The number of piperidine rings is 1. The van der Waals surface area contributed by atoms with Gasteiger partial charge in [0.1, 0.15) is 11.4 Å². The summed E-state index contributed by atoms with van der Waals surface area (Å²) in [6.45, 7) is 1.77. The van der Waals surface area contributed by atoms with Gasteiger partial charge >= 0.3 is 0 Å². The van der Waals surface area contributed by atoms with Gasteiger partial charge in [0.15, 0.2) is 0 Å². The molecule has 0 aromatic heterocycles. The monoisotopic (exact) mass is 490 g/mol. The largest absolute Gasteiger partial charge is 0.506 e. The molecule has 34 heavy (non-hydrogen) atoms. The molecule has 0 unspecified atom stereocenters. The van der Waals surface area contributed by atoms with Crippen molar-refractivity contribution in [1.29, 1.82) is 0 Å². The molecule has 2 fully saturated rings. The second-order valence-electron chi connectivity index (χ2n) is 8.19. The Hall–Kier alpha value is -3.22. The van der Waals surface area contributed by atoms with Crippen LogP contribution in [0.25, 0.3) is 0 Å². The number of hydrogen-bond donors (Lipinski definition) is 2. The number of phenolic OH excluding ortho intramolecular Hbond substituents is 1. The first-order valence-corrected chi connectivity index (χ1v) is 12.4. The summed E-state index contributed by atoms with van der Waals surface area (Å²) in [5, 5.41) is 24.4. The number of benzene rings is 2. The lowest BCUT2D eigenvalue weighted by Gasteiger charge is -2.33. The fourth-order valence-corrected chi connectivity index (χ4v) is 5.64. The van der Waals surface area contributed by atoms with Crippen LogP contribution in [0.15, 0.2) is 47.4 Å². The molecule has 4 rings (SSSR count). The van der Waals surface area contributed by atoms with Gasteiger partial charge in [-0.25, -0.2) is 8.42 Å². The number of amides is 1. The van der Waals surface area contributed by atoms with E-state index in [0.717, 1.165) is 6.07 Å². The first kappa shape index (κ1) is 23.9. The standard InChI is InChI=1S/C22H26N4O7S/c27-21-4-2-1-3-18(21)23-22(28)16-7-9-24(10-8-16)19-6-5-17(15-20(19)26(29)30)34(31,32)25-11-13-33-14-12-25/h1-6,15-16,27H,7-14H2,(H,23,28). The molecule has 0 bridgehead atoms. The second-order valence-corrected chi connectivity index (χ2v) is 10.1. The number of nitrogens with zero attached hydrogens (tertiary/aromatic N) is 3. The third-order valence-electron chi connectivity index (χ3n) is 6.12. The van der Waals surface area contributed by atoms with E-state index >= 15 is 0 Å². The molecule has 0 atom stereocenters. The molecule has 182 valence electrons. The number of nitro benzene ring substituents is 1. The van der Waals surface area contributed by atoms with E-state index < -0.39 is 14.9 Å². The van der Waals surface area contributed by atoms with Crippen LogP contribution < -0.4 is 10.2 Å². The third kappa shape index (κ3) is 4.98. The number of hydrogen-bond acceptors (Lipinski definition) is 8. The number of morpholine rings is 1. The average Bonchev–Trinajstić information content (AvgIpc) is 2.85. The van der Waals surface area contributed by atoms with Crippen LogP contribution in [0.3, 0.4) is 0 Å². The summed E-state index contributed by atoms with van der Waals surface area (Å²) in [7, 11) is -3.86. The molecule has 2 aromatic rings. The highest BCUT2D eigenvalue weighted by Crippen LogP contribution is 2.35. The maximum Gasteiger partial charge on any atom is 0.293 e. The van der Waals surface area contributed by atoms with Crippen molar-refractivity contribution in [3.8, 4) is 5.75 Å². The minimum Gasteiger partial charge on any atom is -0.506 e. The van der Waals surface area contributed by atoms with E-state index in [2.05, 4.69) is 5.32 Å². The molecule has 0 saturated carbocycles. The van der Waals surface area contributed by atoms with Crippen molar-refractivity contribution in [3.05, 3.63) is 52.6 Å². The molecule has 0 radical (unpaired) electrons. The number of anilines is 2. The topological polar surface area (TPSA) is 142 Å². The Morgan fingerprint density at radius 3 is 2.41 bits per heavy atom. The highest BCUT2D eigenvalue weighted by Gasteiger charge is 2.32. The minimum absolute atomic E-state index is 0.0176. The highest BCUT2D eigenvalue weighted by molar-refractivity contribution is 7.89.